The number of carbonyl (C=O) groups excluding carboxylic acids is 3. The highest BCUT2D eigenvalue weighted by molar-refractivity contribution is 5.71. The summed E-state index contributed by atoms with van der Waals surface area (Å²) in [6.07, 6.45) is 93.8. The molecule has 6 nitrogen and oxygen atoms in total. The number of hydrogen-bond donors (Lipinski definition) is 0. The van der Waals surface area contributed by atoms with Crippen LogP contribution >= 0.6 is 0 Å². The summed E-state index contributed by atoms with van der Waals surface area (Å²) in [6, 6.07) is 0. The maximum Gasteiger partial charge on any atom is 0.306 e. The number of unbranched alkanes of at least 4 members (excludes halogenated alkanes) is 18. The highest BCUT2D eigenvalue weighted by Crippen LogP contribution is 2.14. The van der Waals surface area contributed by atoms with Crippen molar-refractivity contribution in [1.82, 2.24) is 0 Å². The van der Waals surface area contributed by atoms with E-state index in [0.29, 0.717) is 19.3 Å². The van der Waals surface area contributed by atoms with E-state index in [2.05, 4.69) is 179 Å². The molecule has 0 bridgehead atoms. The molecule has 0 radical (unpaired) electrons. The lowest BCUT2D eigenvalue weighted by Crippen LogP contribution is -2.30. The number of rotatable bonds is 55. The molecule has 0 spiro atoms. The van der Waals surface area contributed by atoms with Crippen molar-refractivity contribution in [2.45, 2.75) is 264 Å². The van der Waals surface area contributed by atoms with Gasteiger partial charge in [-0.1, -0.05) is 249 Å². The highest BCUT2D eigenvalue weighted by Gasteiger charge is 2.19. The summed E-state index contributed by atoms with van der Waals surface area (Å²) in [6.45, 7) is 6.34. The number of ether oxygens (including phenoxy) is 3. The predicted octanol–water partition coefficient (Wildman–Crippen LogP) is 21.7. The zero-order chi connectivity index (χ0) is 56.4. The van der Waals surface area contributed by atoms with Gasteiger partial charge >= 0.3 is 17.9 Å². The molecule has 1 unspecified atom stereocenters. The maximum absolute atomic E-state index is 12.9. The van der Waals surface area contributed by atoms with Gasteiger partial charge in [0.1, 0.15) is 13.2 Å². The maximum atomic E-state index is 12.9. The van der Waals surface area contributed by atoms with Crippen LogP contribution < -0.4 is 0 Å². The average Bonchev–Trinajstić information content (AvgIpc) is 3.44. The lowest BCUT2D eigenvalue weighted by Gasteiger charge is -2.18. The van der Waals surface area contributed by atoms with Gasteiger partial charge in [-0.3, -0.25) is 14.4 Å². The lowest BCUT2D eigenvalue weighted by atomic mass is 10.1. The van der Waals surface area contributed by atoms with Gasteiger partial charge in [-0.05, 0) is 148 Å². The quantitative estimate of drug-likeness (QED) is 0.0261. The normalized spacial score (nSPS) is 13.2. The van der Waals surface area contributed by atoms with Crippen LogP contribution in [0.4, 0.5) is 0 Å². The van der Waals surface area contributed by atoms with Crippen molar-refractivity contribution in [2.75, 3.05) is 13.2 Å². The van der Waals surface area contributed by atoms with Gasteiger partial charge in [0.15, 0.2) is 6.10 Å². The first kappa shape index (κ1) is 73.0. The van der Waals surface area contributed by atoms with Crippen LogP contribution in [-0.2, 0) is 28.6 Å². The zero-order valence-corrected chi connectivity index (χ0v) is 50.1. The van der Waals surface area contributed by atoms with Gasteiger partial charge < -0.3 is 14.2 Å². The Labute approximate surface area is 480 Å². The van der Waals surface area contributed by atoms with Gasteiger partial charge in [-0.15, -0.1) is 0 Å². The van der Waals surface area contributed by atoms with Crippen molar-refractivity contribution in [1.29, 1.82) is 0 Å². The minimum absolute atomic E-state index is 0.104. The Kier molecular flexibility index (Phi) is 60.4. The number of hydrogen-bond acceptors (Lipinski definition) is 6. The second-order valence-corrected chi connectivity index (χ2v) is 20.2. The molecule has 78 heavy (non-hydrogen) atoms. The van der Waals surface area contributed by atoms with Crippen LogP contribution in [-0.4, -0.2) is 37.2 Å². The molecule has 0 aromatic carbocycles. The molecule has 0 fully saturated rings. The Morgan fingerprint density at radius 2 is 0.500 bits per heavy atom. The van der Waals surface area contributed by atoms with Crippen LogP contribution in [0.3, 0.4) is 0 Å². The third-order valence-corrected chi connectivity index (χ3v) is 12.7. The van der Waals surface area contributed by atoms with E-state index in [-0.39, 0.29) is 31.1 Å². The molecule has 0 aliphatic carbocycles. The van der Waals surface area contributed by atoms with Crippen LogP contribution in [0.5, 0.6) is 0 Å². The minimum Gasteiger partial charge on any atom is -0.462 e. The smallest absolute Gasteiger partial charge is 0.306 e. The summed E-state index contributed by atoms with van der Waals surface area (Å²) < 4.78 is 16.9. The number of esters is 3. The van der Waals surface area contributed by atoms with Gasteiger partial charge in [0, 0.05) is 19.3 Å². The van der Waals surface area contributed by atoms with Crippen LogP contribution in [0.2, 0.25) is 0 Å². The Hall–Kier alpha value is -4.97. The minimum atomic E-state index is -0.810. The monoisotopic (exact) mass is 1070 g/mol. The second kappa shape index (κ2) is 64.6. The molecule has 0 amide bonds. The number of carbonyl (C=O) groups is 3. The molecular weight excluding hydrogens is 961 g/mol. The summed E-state index contributed by atoms with van der Waals surface area (Å²) in [7, 11) is 0. The SMILES string of the molecule is CC/C=C\C/C=C\C/C=C\C/C=C\C/C=C\C/C=C\C/C=C\CCCCCC(=O)OCC(COC(=O)CCCCCCC/C=C\CCCCC)OC(=O)CCCCCCCCC/C=C\C/C=C\C/C=C\C/C=C\C/C=C\CC. The van der Waals surface area contributed by atoms with Gasteiger partial charge in [0.25, 0.3) is 0 Å². The molecule has 0 saturated heterocycles. The van der Waals surface area contributed by atoms with Crippen LogP contribution in [0.1, 0.15) is 258 Å². The number of allylic oxidation sites excluding steroid dienone is 26. The van der Waals surface area contributed by atoms with Crippen molar-refractivity contribution in [3.8, 4) is 0 Å². The predicted molar refractivity (Wildman–Crippen MR) is 338 cm³/mol. The van der Waals surface area contributed by atoms with Crippen LogP contribution in [0.25, 0.3) is 0 Å². The Bertz CT molecular complexity index is 1760. The highest BCUT2D eigenvalue weighted by atomic mass is 16.6. The lowest BCUT2D eigenvalue weighted by molar-refractivity contribution is -0.167. The standard InChI is InChI=1S/C72H114O6/c1-4-7-10-13-16-19-22-25-27-29-31-33-35-36-38-39-41-43-45-47-50-53-56-59-62-65-71(74)77-68-69(67-76-70(73)64-61-58-55-52-49-24-21-18-15-12-9-6-3)78-72(75)66-63-60-57-54-51-48-46-44-42-40-37-34-32-30-28-26-23-20-17-14-11-8-5-2/h7-8,10-11,16-21,25-28,31-34,36,38,40-43,47,50,69H,4-6,9,12-15,22-24,29-30,35,37,39,44-46,48-49,51-68H2,1-3H3/b10-7-,11-8-,19-16-,20-17-,21-18-,27-25-,28-26-,33-31-,34-32-,38-36-,42-40-,43-41-,50-47-. The first-order chi connectivity index (χ1) is 38.5. The van der Waals surface area contributed by atoms with Crippen LogP contribution in [0, 0.1) is 0 Å². The van der Waals surface area contributed by atoms with E-state index in [4.69, 9.17) is 14.2 Å². The molecule has 0 rings (SSSR count). The van der Waals surface area contributed by atoms with E-state index in [1.54, 1.807) is 0 Å². The van der Waals surface area contributed by atoms with Crippen molar-refractivity contribution >= 4 is 17.9 Å². The molecular formula is C72H114O6. The fourth-order valence-corrected chi connectivity index (χ4v) is 8.09. The molecule has 0 heterocycles. The molecule has 0 aromatic rings. The Morgan fingerprint density at radius 1 is 0.269 bits per heavy atom. The van der Waals surface area contributed by atoms with E-state index in [0.717, 1.165) is 167 Å². The largest absolute Gasteiger partial charge is 0.462 e. The molecule has 0 saturated carbocycles. The summed E-state index contributed by atoms with van der Waals surface area (Å²) in [5.41, 5.74) is 0. The van der Waals surface area contributed by atoms with Gasteiger partial charge in [0.2, 0.25) is 0 Å². The van der Waals surface area contributed by atoms with Crippen molar-refractivity contribution in [2.24, 2.45) is 0 Å². The second-order valence-electron chi connectivity index (χ2n) is 20.2. The average molecular weight is 1080 g/mol. The van der Waals surface area contributed by atoms with Crippen molar-refractivity contribution in [3.63, 3.8) is 0 Å². The first-order valence-electron chi connectivity index (χ1n) is 31.5. The molecule has 0 aromatic heterocycles. The Morgan fingerprint density at radius 3 is 0.808 bits per heavy atom. The third kappa shape index (κ3) is 61.9. The van der Waals surface area contributed by atoms with Crippen molar-refractivity contribution in [3.05, 3.63) is 158 Å². The molecule has 0 N–H and O–H groups in total. The molecule has 6 heteroatoms. The summed E-state index contributed by atoms with van der Waals surface area (Å²) in [4.78, 5) is 38.3. The van der Waals surface area contributed by atoms with E-state index in [9.17, 15) is 14.4 Å². The van der Waals surface area contributed by atoms with Crippen LogP contribution in [0.15, 0.2) is 158 Å². The summed E-state index contributed by atoms with van der Waals surface area (Å²) in [5, 5.41) is 0. The van der Waals surface area contributed by atoms with E-state index in [1.165, 1.54) is 51.4 Å². The fraction of sp³-hybridized carbons (Fsp3) is 0.597. The van der Waals surface area contributed by atoms with Gasteiger partial charge in [-0.2, -0.15) is 0 Å². The molecule has 438 valence electrons. The first-order valence-corrected chi connectivity index (χ1v) is 31.5. The van der Waals surface area contributed by atoms with Gasteiger partial charge in [0.05, 0.1) is 0 Å². The summed E-state index contributed by atoms with van der Waals surface area (Å²) >= 11 is 0. The van der Waals surface area contributed by atoms with E-state index < -0.39 is 6.10 Å². The fourth-order valence-electron chi connectivity index (χ4n) is 8.09. The third-order valence-electron chi connectivity index (χ3n) is 12.7. The van der Waals surface area contributed by atoms with E-state index >= 15 is 0 Å². The van der Waals surface area contributed by atoms with Gasteiger partial charge in [-0.25, -0.2) is 0 Å². The van der Waals surface area contributed by atoms with E-state index in [1.807, 2.05) is 0 Å². The zero-order valence-electron chi connectivity index (χ0n) is 50.1. The topological polar surface area (TPSA) is 78.9 Å². The molecule has 0 aliphatic rings. The molecule has 1 atom stereocenters. The molecule has 0 aliphatic heterocycles. The summed E-state index contributed by atoms with van der Waals surface area (Å²) in [5.74, 6) is -0.962. The Balaban J connectivity index is 4.46. The van der Waals surface area contributed by atoms with Crippen molar-refractivity contribution < 1.29 is 28.6 Å².